The molecular weight excluding hydrogens is 680 g/mol. The minimum absolute atomic E-state index is 0.118. The van der Waals surface area contributed by atoms with Gasteiger partial charge in [0.1, 0.15) is 0 Å². The van der Waals surface area contributed by atoms with Crippen molar-refractivity contribution < 1.29 is 19.7 Å². The molecule has 288 valence electrons. The highest BCUT2D eigenvalue weighted by Crippen LogP contribution is 2.47. The van der Waals surface area contributed by atoms with E-state index in [9.17, 15) is 40.5 Å². The second-order valence-corrected chi connectivity index (χ2v) is 17.3. The maximum Gasteiger partial charge on any atom is 0.219 e. The minimum Gasteiger partial charge on any atom is -0.286 e. The van der Waals surface area contributed by atoms with Crippen LogP contribution in [0, 0.1) is 87.8 Å². The van der Waals surface area contributed by atoms with Gasteiger partial charge in [0, 0.05) is 45.4 Å². The predicted octanol–water partition coefficient (Wildman–Crippen LogP) is -0.374. The summed E-state index contributed by atoms with van der Waals surface area (Å²) < 4.78 is 0. The molecule has 9 rings (SSSR count). The van der Waals surface area contributed by atoms with Gasteiger partial charge in [-0.15, -0.1) is 0 Å². The Morgan fingerprint density at radius 2 is 0.500 bits per heavy atom. The summed E-state index contributed by atoms with van der Waals surface area (Å²) in [5.41, 5.74) is 0. The van der Waals surface area contributed by atoms with Crippen LogP contribution in [0.2, 0.25) is 0 Å². The number of nitrogens with one attached hydrogen (secondary N) is 8. The van der Waals surface area contributed by atoms with Crippen molar-refractivity contribution in [1.82, 2.24) is 42.5 Å². The first kappa shape index (κ1) is 35.0. The quantitative estimate of drug-likeness (QED) is 0.135. The molecule has 52 heavy (non-hydrogen) atoms. The fourth-order valence-corrected chi connectivity index (χ4v) is 13.2. The van der Waals surface area contributed by atoms with Crippen LogP contribution < -0.4 is 42.5 Å². The Kier molecular flexibility index (Phi) is 9.12. The van der Waals surface area contributed by atoms with Crippen molar-refractivity contribution in [3.63, 3.8) is 0 Å². The Morgan fingerprint density at radius 1 is 0.308 bits per heavy atom. The van der Waals surface area contributed by atoms with Gasteiger partial charge in [-0.05, 0) is 75.0 Å². The van der Waals surface area contributed by atoms with Gasteiger partial charge in [-0.2, -0.15) is 0 Å². The fraction of sp³-hybridized carbons (Fsp3) is 1.00. The molecule has 9 fully saturated rings. The number of fused-ring (bicyclic) bond motifs is 20. The lowest BCUT2D eigenvalue weighted by atomic mass is 9.73. The smallest absolute Gasteiger partial charge is 0.219 e. The molecule has 0 aromatic heterocycles. The molecule has 8 N–H and O–H groups in total. The van der Waals surface area contributed by atoms with Crippen LogP contribution in [-0.2, 0) is 0 Å². The normalized spacial score (nSPS) is 52.5. The highest BCUT2D eigenvalue weighted by molar-refractivity contribution is 5.11. The number of nitro groups is 4. The van der Waals surface area contributed by atoms with Gasteiger partial charge in [-0.1, -0.05) is 0 Å². The first-order valence-electron chi connectivity index (χ1n) is 19.7. The molecule has 0 spiro atoms. The minimum atomic E-state index is -0.778. The average molecular weight is 733 g/mol. The van der Waals surface area contributed by atoms with E-state index in [1.165, 1.54) is 0 Å². The molecule has 12 unspecified atom stereocenters. The predicted molar refractivity (Wildman–Crippen MR) is 182 cm³/mol. The second-order valence-electron chi connectivity index (χ2n) is 17.3. The van der Waals surface area contributed by atoms with Gasteiger partial charge in [-0.3, -0.25) is 83.0 Å². The molecule has 20 nitrogen and oxygen atoms in total. The van der Waals surface area contributed by atoms with E-state index in [0.717, 1.165) is 25.7 Å². The van der Waals surface area contributed by atoms with Gasteiger partial charge in [-0.25, -0.2) is 0 Å². The third kappa shape index (κ3) is 5.70. The summed E-state index contributed by atoms with van der Waals surface area (Å²) in [4.78, 5) is 49.5. The summed E-state index contributed by atoms with van der Waals surface area (Å²) in [5, 5.41) is 79.8. The lowest BCUT2D eigenvalue weighted by molar-refractivity contribution is -0.539. The Hall–Kier alpha value is -2.72. The molecule has 12 atom stereocenters. The molecule has 5 saturated heterocycles. The van der Waals surface area contributed by atoms with E-state index in [4.69, 9.17) is 0 Å². The fourth-order valence-electron chi connectivity index (χ4n) is 13.2. The van der Waals surface area contributed by atoms with Crippen molar-refractivity contribution >= 4 is 0 Å². The van der Waals surface area contributed by atoms with E-state index in [1.807, 2.05) is 0 Å². The van der Waals surface area contributed by atoms with Gasteiger partial charge in [0.15, 0.2) is 0 Å². The Balaban J connectivity index is 1.12. The number of hydrogen-bond acceptors (Lipinski definition) is 16. The van der Waals surface area contributed by atoms with Gasteiger partial charge in [0.05, 0.1) is 73.0 Å². The van der Waals surface area contributed by atoms with E-state index < -0.39 is 48.8 Å². The third-order valence-corrected chi connectivity index (χ3v) is 15.1. The van der Waals surface area contributed by atoms with Crippen LogP contribution in [-0.4, -0.2) is 93.2 Å². The first-order valence-corrected chi connectivity index (χ1v) is 19.7. The zero-order valence-corrected chi connectivity index (χ0v) is 29.1. The van der Waals surface area contributed by atoms with Gasteiger partial charge >= 0.3 is 0 Å². The van der Waals surface area contributed by atoms with Crippen LogP contribution in [0.25, 0.3) is 0 Å². The molecule has 0 aromatic carbocycles. The van der Waals surface area contributed by atoms with E-state index in [2.05, 4.69) is 42.5 Å². The molecular formula is C32H52N12O8. The molecule has 0 radical (unpaired) electrons. The maximum absolute atomic E-state index is 12.5. The number of rotatable bonds is 4. The standard InChI is InChI=1S/C32H52N12O8/c45-41(46)17-9-1-5-13-21(17)29-33-25(13)37-30-22-14(6-2-10-18(22)42(47)48)27(34-30)39-32-24-16(8-4-12-20(24)44(51)52)28(36-32)40-31-23-15(26(35-31)38-29)7-3-11-19(23)43(49)50/h13-40H,1-12H2. The van der Waals surface area contributed by atoms with Crippen molar-refractivity contribution in [1.29, 1.82) is 0 Å². The van der Waals surface area contributed by atoms with Crippen molar-refractivity contribution in [2.24, 2.45) is 47.3 Å². The van der Waals surface area contributed by atoms with Crippen LogP contribution in [0.4, 0.5) is 0 Å². The molecule has 5 heterocycles. The van der Waals surface area contributed by atoms with Crippen LogP contribution in [0.3, 0.4) is 0 Å². The highest BCUT2D eigenvalue weighted by Gasteiger charge is 2.62. The maximum atomic E-state index is 12.5. The average Bonchev–Trinajstić information content (AvgIpc) is 3.86. The monoisotopic (exact) mass is 732 g/mol. The summed E-state index contributed by atoms with van der Waals surface area (Å²) in [7, 11) is 0. The molecule has 20 heteroatoms. The van der Waals surface area contributed by atoms with E-state index in [-0.39, 0.29) is 91.7 Å². The van der Waals surface area contributed by atoms with Crippen molar-refractivity contribution in [3.8, 4) is 0 Å². The Labute approximate surface area is 300 Å². The lowest BCUT2D eigenvalue weighted by Crippen LogP contribution is -2.62. The second kappa shape index (κ2) is 13.5. The molecule has 9 aliphatic rings. The Morgan fingerprint density at radius 3 is 0.673 bits per heavy atom. The van der Waals surface area contributed by atoms with E-state index in [0.29, 0.717) is 51.4 Å². The van der Waals surface area contributed by atoms with E-state index >= 15 is 0 Å². The molecule has 0 aromatic rings. The van der Waals surface area contributed by atoms with Crippen LogP contribution >= 0.6 is 0 Å². The summed E-state index contributed by atoms with van der Waals surface area (Å²) >= 11 is 0. The molecule has 4 aliphatic carbocycles. The van der Waals surface area contributed by atoms with Crippen molar-refractivity contribution in [2.45, 2.75) is 151 Å². The largest absolute Gasteiger partial charge is 0.286 e. The first-order chi connectivity index (χ1) is 25.1. The third-order valence-electron chi connectivity index (χ3n) is 15.1. The van der Waals surface area contributed by atoms with Crippen LogP contribution in [0.1, 0.15) is 77.0 Å². The van der Waals surface area contributed by atoms with Crippen LogP contribution in [0.15, 0.2) is 0 Å². The molecule has 0 amide bonds. The van der Waals surface area contributed by atoms with Gasteiger partial charge in [0.2, 0.25) is 24.2 Å². The molecule has 5 aliphatic heterocycles. The summed E-state index contributed by atoms with van der Waals surface area (Å²) in [6.07, 6.45) is 4.30. The van der Waals surface area contributed by atoms with E-state index in [1.54, 1.807) is 0 Å². The van der Waals surface area contributed by atoms with Crippen LogP contribution in [0.5, 0.6) is 0 Å². The zero-order valence-electron chi connectivity index (χ0n) is 29.1. The van der Waals surface area contributed by atoms with Gasteiger partial charge in [0.25, 0.3) is 0 Å². The summed E-state index contributed by atoms with van der Waals surface area (Å²) in [5.74, 6) is -1.91. The lowest BCUT2D eigenvalue weighted by Gasteiger charge is -2.36. The van der Waals surface area contributed by atoms with Gasteiger partial charge < -0.3 is 0 Å². The SMILES string of the molecule is O=[N+]([O-])C1CCCC2C3NC(NC4NC(NC5NC(NC6NC(N3)C3C6CCCC3[N+](=O)[O-])C3C5CCCC3[N+](=O)[O-])C3C4CCCC3[N+](=O)[O-])C21. The Bertz CT molecular complexity index is 1240. The summed E-state index contributed by atoms with van der Waals surface area (Å²) in [6, 6.07) is -3.11. The topological polar surface area (TPSA) is 269 Å². The number of nitrogens with zero attached hydrogens (tertiary/aromatic N) is 4. The summed E-state index contributed by atoms with van der Waals surface area (Å²) in [6.45, 7) is 0. The zero-order chi connectivity index (χ0) is 36.0. The molecule has 8 bridgehead atoms. The number of hydrogen-bond donors (Lipinski definition) is 8. The molecule has 4 saturated carbocycles. The van der Waals surface area contributed by atoms with Crippen molar-refractivity contribution in [2.75, 3.05) is 0 Å². The highest BCUT2D eigenvalue weighted by atomic mass is 16.6. The van der Waals surface area contributed by atoms with Crippen molar-refractivity contribution in [3.05, 3.63) is 40.5 Å².